The Labute approximate surface area is 152 Å². The van der Waals surface area contributed by atoms with Crippen LogP contribution in [0.1, 0.15) is 33.3 Å². The molecule has 0 aliphatic rings. The highest BCUT2D eigenvalue weighted by atomic mass is 32.1. The zero-order valence-electron chi connectivity index (χ0n) is 13.8. The van der Waals surface area contributed by atoms with Crippen molar-refractivity contribution in [1.82, 2.24) is 0 Å². The molecule has 0 aliphatic carbocycles. The first-order chi connectivity index (χ1) is 11.8. The van der Waals surface area contributed by atoms with Crippen LogP contribution < -0.4 is 10.6 Å². The second kappa shape index (κ2) is 7.92. The lowest BCUT2D eigenvalue weighted by Crippen LogP contribution is -2.21. The smallest absolute Gasteiger partial charge is 0.341 e. The lowest BCUT2D eigenvalue weighted by molar-refractivity contribution is -0.119. The lowest BCUT2D eigenvalue weighted by Gasteiger charge is -2.07. The number of esters is 1. The third-order valence-electron chi connectivity index (χ3n) is 3.25. The lowest BCUT2D eigenvalue weighted by atomic mass is 10.1. The van der Waals surface area contributed by atoms with E-state index < -0.39 is 18.5 Å². The number of anilines is 2. The van der Waals surface area contributed by atoms with Crippen LogP contribution in [0.15, 0.2) is 11.4 Å². The molecule has 0 radical (unpaired) electrons. The van der Waals surface area contributed by atoms with Crippen LogP contribution >= 0.6 is 22.7 Å². The minimum Gasteiger partial charge on any atom is -0.452 e. The number of amides is 2. The number of nitriles is 1. The summed E-state index contributed by atoms with van der Waals surface area (Å²) in [5.41, 5.74) is 1.30. The summed E-state index contributed by atoms with van der Waals surface area (Å²) in [7, 11) is 0. The van der Waals surface area contributed by atoms with Gasteiger partial charge in [-0.15, -0.1) is 22.7 Å². The second-order valence-electron chi connectivity index (χ2n) is 5.07. The van der Waals surface area contributed by atoms with Gasteiger partial charge >= 0.3 is 5.97 Å². The Morgan fingerprint density at radius 2 is 1.96 bits per heavy atom. The molecule has 2 aromatic heterocycles. The maximum Gasteiger partial charge on any atom is 0.341 e. The Kier molecular flexibility index (Phi) is 5.90. The van der Waals surface area contributed by atoms with Gasteiger partial charge in [0.1, 0.15) is 16.1 Å². The average Bonchev–Trinajstić information content (AvgIpc) is 3.09. The summed E-state index contributed by atoms with van der Waals surface area (Å²) >= 11 is 2.48. The zero-order chi connectivity index (χ0) is 18.6. The summed E-state index contributed by atoms with van der Waals surface area (Å²) in [4.78, 5) is 36.4. The van der Waals surface area contributed by atoms with E-state index in [-0.39, 0.29) is 11.5 Å². The molecule has 25 heavy (non-hydrogen) atoms. The van der Waals surface area contributed by atoms with Gasteiger partial charge < -0.3 is 15.4 Å². The van der Waals surface area contributed by atoms with Crippen LogP contribution in [-0.4, -0.2) is 24.4 Å². The first-order valence-corrected chi connectivity index (χ1v) is 8.85. The molecule has 2 amide bonds. The third kappa shape index (κ3) is 4.43. The summed E-state index contributed by atoms with van der Waals surface area (Å²) in [6.45, 7) is 4.43. The fourth-order valence-corrected chi connectivity index (χ4v) is 3.83. The summed E-state index contributed by atoms with van der Waals surface area (Å²) in [5, 5.41) is 16.5. The SMILES string of the molecule is CC(=O)Nc1sc(C)c(C)c1C(=O)OCC(=O)Nc1sccc1C#N. The Balaban J connectivity index is 2.04. The zero-order valence-corrected chi connectivity index (χ0v) is 15.4. The monoisotopic (exact) mass is 377 g/mol. The Hall–Kier alpha value is -2.70. The summed E-state index contributed by atoms with van der Waals surface area (Å²) in [6.07, 6.45) is 0. The average molecular weight is 377 g/mol. The predicted octanol–water partition coefficient (Wildman–Crippen LogP) is 3.05. The van der Waals surface area contributed by atoms with Gasteiger partial charge in [-0.05, 0) is 30.9 Å². The number of rotatable bonds is 5. The molecule has 0 aromatic carbocycles. The van der Waals surface area contributed by atoms with Gasteiger partial charge in [0.05, 0.1) is 11.1 Å². The molecule has 130 valence electrons. The largest absolute Gasteiger partial charge is 0.452 e. The highest BCUT2D eigenvalue weighted by Gasteiger charge is 2.22. The molecule has 0 aliphatic heterocycles. The van der Waals surface area contributed by atoms with E-state index in [1.54, 1.807) is 18.4 Å². The molecule has 0 atom stereocenters. The van der Waals surface area contributed by atoms with Crippen LogP contribution in [0.2, 0.25) is 0 Å². The van der Waals surface area contributed by atoms with Crippen molar-refractivity contribution in [1.29, 1.82) is 5.26 Å². The quantitative estimate of drug-likeness (QED) is 0.779. The molecule has 0 bridgehead atoms. The van der Waals surface area contributed by atoms with E-state index in [0.29, 0.717) is 21.1 Å². The molecule has 0 spiro atoms. The molecule has 0 saturated heterocycles. The van der Waals surface area contributed by atoms with Gasteiger partial charge in [-0.25, -0.2) is 4.79 Å². The van der Waals surface area contributed by atoms with Crippen molar-refractivity contribution < 1.29 is 19.1 Å². The van der Waals surface area contributed by atoms with Gasteiger partial charge in [0.25, 0.3) is 5.91 Å². The highest BCUT2D eigenvalue weighted by molar-refractivity contribution is 7.16. The molecule has 0 unspecified atom stereocenters. The van der Waals surface area contributed by atoms with E-state index in [2.05, 4.69) is 10.6 Å². The second-order valence-corrected chi connectivity index (χ2v) is 7.21. The number of thiophene rings is 2. The molecular formula is C16H15N3O4S2. The number of nitrogens with zero attached hydrogens (tertiary/aromatic N) is 1. The molecular weight excluding hydrogens is 362 g/mol. The molecule has 2 N–H and O–H groups in total. The summed E-state index contributed by atoms with van der Waals surface area (Å²) < 4.78 is 5.05. The van der Waals surface area contributed by atoms with Gasteiger partial charge in [-0.2, -0.15) is 5.26 Å². The minimum atomic E-state index is -0.688. The number of nitrogens with one attached hydrogen (secondary N) is 2. The van der Waals surface area contributed by atoms with Crippen molar-refractivity contribution in [3.05, 3.63) is 33.0 Å². The molecule has 2 aromatic rings. The predicted molar refractivity (Wildman–Crippen MR) is 96.0 cm³/mol. The molecule has 2 heterocycles. The number of hydrogen-bond donors (Lipinski definition) is 2. The van der Waals surface area contributed by atoms with Crippen LogP contribution in [0.3, 0.4) is 0 Å². The topological polar surface area (TPSA) is 108 Å². The van der Waals surface area contributed by atoms with Crippen molar-refractivity contribution in [2.45, 2.75) is 20.8 Å². The molecule has 9 heteroatoms. The minimum absolute atomic E-state index is 0.249. The van der Waals surface area contributed by atoms with Gasteiger partial charge in [0.15, 0.2) is 6.61 Å². The van der Waals surface area contributed by atoms with Crippen molar-refractivity contribution in [2.75, 3.05) is 17.2 Å². The standard InChI is InChI=1S/C16H15N3O4S2/c1-8-9(2)25-15(18-10(3)20)13(8)16(22)23-7-12(21)19-14-11(6-17)4-5-24-14/h4-5H,7H2,1-3H3,(H,18,20)(H,19,21). The van der Waals surface area contributed by atoms with E-state index in [1.165, 1.54) is 29.6 Å². The molecule has 0 saturated carbocycles. The molecule has 7 nitrogen and oxygen atoms in total. The number of carbonyl (C=O) groups is 3. The van der Waals surface area contributed by atoms with Crippen LogP contribution in [0, 0.1) is 25.2 Å². The first-order valence-electron chi connectivity index (χ1n) is 7.15. The van der Waals surface area contributed by atoms with Gasteiger partial charge in [-0.3, -0.25) is 9.59 Å². The fourth-order valence-electron chi connectivity index (χ4n) is 1.98. The van der Waals surface area contributed by atoms with Crippen molar-refractivity contribution in [3.63, 3.8) is 0 Å². The maximum atomic E-state index is 12.3. The summed E-state index contributed by atoms with van der Waals surface area (Å²) in [5.74, 6) is -1.53. The van der Waals surface area contributed by atoms with Gasteiger partial charge in [0.2, 0.25) is 5.91 Å². The van der Waals surface area contributed by atoms with E-state index >= 15 is 0 Å². The number of aryl methyl sites for hydroxylation is 1. The van der Waals surface area contributed by atoms with E-state index in [9.17, 15) is 14.4 Å². The van der Waals surface area contributed by atoms with Gasteiger partial charge in [-0.1, -0.05) is 0 Å². The third-order valence-corrected chi connectivity index (χ3v) is 5.20. The first kappa shape index (κ1) is 18.6. The van der Waals surface area contributed by atoms with Gasteiger partial charge in [0, 0.05) is 11.8 Å². The highest BCUT2D eigenvalue weighted by Crippen LogP contribution is 2.33. The number of carbonyl (C=O) groups excluding carboxylic acids is 3. The van der Waals surface area contributed by atoms with E-state index in [1.807, 2.05) is 13.0 Å². The van der Waals surface area contributed by atoms with Crippen LogP contribution in [0.4, 0.5) is 10.0 Å². The van der Waals surface area contributed by atoms with Crippen LogP contribution in [0.25, 0.3) is 0 Å². The Morgan fingerprint density at radius 3 is 2.60 bits per heavy atom. The number of hydrogen-bond acceptors (Lipinski definition) is 7. The summed E-state index contributed by atoms with van der Waals surface area (Å²) in [6, 6.07) is 3.54. The van der Waals surface area contributed by atoms with E-state index in [4.69, 9.17) is 10.00 Å². The van der Waals surface area contributed by atoms with Crippen LogP contribution in [-0.2, 0) is 14.3 Å². The molecule has 0 fully saturated rings. The Bertz CT molecular complexity index is 877. The maximum absolute atomic E-state index is 12.3. The van der Waals surface area contributed by atoms with Crippen molar-refractivity contribution >= 4 is 50.5 Å². The Morgan fingerprint density at radius 1 is 1.24 bits per heavy atom. The van der Waals surface area contributed by atoms with Crippen LogP contribution in [0.5, 0.6) is 0 Å². The molecule has 2 rings (SSSR count). The van der Waals surface area contributed by atoms with E-state index in [0.717, 1.165) is 4.88 Å². The van der Waals surface area contributed by atoms with Crippen molar-refractivity contribution in [2.24, 2.45) is 0 Å². The van der Waals surface area contributed by atoms with Crippen molar-refractivity contribution in [3.8, 4) is 6.07 Å². The normalized spacial score (nSPS) is 10.0. The fraction of sp³-hybridized carbons (Fsp3) is 0.250. The number of ether oxygens (including phenoxy) is 1.